The maximum atomic E-state index is 11.3. The molecule has 7 heteroatoms. The van der Waals surface area contributed by atoms with Crippen LogP contribution in [0.2, 0.25) is 0 Å². The molecule has 2 aliphatic heterocycles. The topological polar surface area (TPSA) is 63.2 Å². The smallest absolute Gasteiger partial charge is 0.305 e. The van der Waals surface area contributed by atoms with E-state index in [1.54, 1.807) is 0 Å². The molecule has 0 N–H and O–H groups in total. The van der Waals surface area contributed by atoms with Gasteiger partial charge in [-0.15, -0.1) is 0 Å². The highest BCUT2D eigenvalue weighted by molar-refractivity contribution is 9.11. The van der Waals surface area contributed by atoms with Gasteiger partial charge in [0.1, 0.15) is 18.3 Å². The molecule has 0 radical (unpaired) electrons. The third-order valence-electron chi connectivity index (χ3n) is 4.11. The van der Waals surface area contributed by atoms with Crippen molar-refractivity contribution in [2.24, 2.45) is 0 Å². The lowest BCUT2D eigenvalue weighted by Gasteiger charge is -2.36. The van der Waals surface area contributed by atoms with Gasteiger partial charge < -0.3 is 23.7 Å². The van der Waals surface area contributed by atoms with E-state index >= 15 is 0 Å². The second-order valence-electron chi connectivity index (χ2n) is 6.72. The molecule has 0 bridgehead atoms. The average molecular weight is 427 g/mol. The summed E-state index contributed by atoms with van der Waals surface area (Å²) in [6, 6.07) is 9.88. The Kier molecular flexibility index (Phi) is 6.14. The number of ether oxygens (including phenoxy) is 5. The first kappa shape index (κ1) is 19.5. The van der Waals surface area contributed by atoms with Crippen LogP contribution in [0.25, 0.3) is 0 Å². The van der Waals surface area contributed by atoms with E-state index in [4.69, 9.17) is 23.7 Å². The molecular weight excluding hydrogens is 404 g/mol. The van der Waals surface area contributed by atoms with Crippen LogP contribution in [0, 0.1) is 0 Å². The fourth-order valence-corrected chi connectivity index (χ4v) is 3.40. The minimum absolute atomic E-state index is 0.333. The van der Waals surface area contributed by atoms with E-state index in [1.807, 2.05) is 50.3 Å². The predicted octanol–water partition coefficient (Wildman–Crippen LogP) is 3.29. The number of hydrogen-bond acceptors (Lipinski definition) is 6. The lowest BCUT2D eigenvalue weighted by molar-refractivity contribution is -0.221. The van der Waals surface area contributed by atoms with E-state index in [0.29, 0.717) is 17.7 Å². The monoisotopic (exact) mass is 426 g/mol. The molecule has 2 heterocycles. The summed E-state index contributed by atoms with van der Waals surface area (Å²) < 4.78 is 29.5. The van der Waals surface area contributed by atoms with Crippen LogP contribution in [0.3, 0.4) is 0 Å². The number of rotatable bonds is 5. The molecule has 142 valence electrons. The Bertz CT molecular complexity index is 659. The van der Waals surface area contributed by atoms with Crippen molar-refractivity contribution in [2.45, 2.75) is 57.8 Å². The zero-order valence-electron chi connectivity index (χ0n) is 15.0. The normalized spacial score (nSPS) is 30.7. The zero-order valence-corrected chi connectivity index (χ0v) is 16.6. The summed E-state index contributed by atoms with van der Waals surface area (Å²) in [5.41, 5.74) is 1.06. The number of carbonyl (C=O) groups excluding carboxylic acids is 1. The average Bonchev–Trinajstić information content (AvgIpc) is 2.95. The summed E-state index contributed by atoms with van der Waals surface area (Å²) in [5.74, 6) is -1.11. The largest absolute Gasteiger partial charge is 0.431 e. The van der Waals surface area contributed by atoms with Crippen LogP contribution in [0.4, 0.5) is 0 Å². The quantitative estimate of drug-likeness (QED) is 0.673. The Morgan fingerprint density at radius 1 is 1.31 bits per heavy atom. The van der Waals surface area contributed by atoms with Gasteiger partial charge >= 0.3 is 5.97 Å². The second kappa shape index (κ2) is 8.19. The van der Waals surface area contributed by atoms with Gasteiger partial charge in [-0.05, 0) is 41.4 Å². The summed E-state index contributed by atoms with van der Waals surface area (Å²) in [4.78, 5) is 11.3. The first-order chi connectivity index (χ1) is 12.3. The van der Waals surface area contributed by atoms with Gasteiger partial charge in [-0.2, -0.15) is 0 Å². The molecule has 0 aromatic heterocycles. The van der Waals surface area contributed by atoms with Crippen LogP contribution in [0.1, 0.15) is 26.3 Å². The molecule has 26 heavy (non-hydrogen) atoms. The first-order valence-electron chi connectivity index (χ1n) is 8.51. The molecule has 1 aromatic rings. The molecule has 1 unspecified atom stereocenters. The SMILES string of the molecule is CC(=O)OC1O[C@H]([C@H]2COC(C)(C)O2)[C@H](OCc2ccccc2)C=C1Br. The number of hydrogen-bond donors (Lipinski definition) is 0. The Morgan fingerprint density at radius 3 is 2.65 bits per heavy atom. The molecule has 0 aliphatic carbocycles. The van der Waals surface area contributed by atoms with Crippen molar-refractivity contribution in [3.63, 3.8) is 0 Å². The number of halogens is 1. The van der Waals surface area contributed by atoms with Crippen LogP contribution in [0.5, 0.6) is 0 Å². The van der Waals surface area contributed by atoms with E-state index in [9.17, 15) is 4.79 Å². The van der Waals surface area contributed by atoms with Crippen LogP contribution in [0.15, 0.2) is 40.9 Å². The Hall–Kier alpha value is -1.25. The minimum Gasteiger partial charge on any atom is -0.431 e. The molecule has 1 saturated heterocycles. The zero-order chi connectivity index (χ0) is 18.7. The van der Waals surface area contributed by atoms with E-state index in [1.165, 1.54) is 6.92 Å². The van der Waals surface area contributed by atoms with E-state index < -0.39 is 24.2 Å². The van der Waals surface area contributed by atoms with Gasteiger partial charge in [0, 0.05) is 6.92 Å². The third kappa shape index (κ3) is 4.92. The molecular formula is C19H23BrO6. The highest BCUT2D eigenvalue weighted by atomic mass is 79.9. The maximum absolute atomic E-state index is 11.3. The fraction of sp³-hybridized carbons (Fsp3) is 0.526. The van der Waals surface area contributed by atoms with Gasteiger partial charge in [0.05, 0.1) is 17.7 Å². The highest BCUT2D eigenvalue weighted by Gasteiger charge is 2.45. The van der Waals surface area contributed by atoms with Crippen LogP contribution in [-0.4, -0.2) is 43.0 Å². The van der Waals surface area contributed by atoms with Crippen LogP contribution >= 0.6 is 15.9 Å². The first-order valence-corrected chi connectivity index (χ1v) is 9.30. The summed E-state index contributed by atoms with van der Waals surface area (Å²) in [6.07, 6.45) is -0.133. The molecule has 2 aliphatic rings. The lowest BCUT2D eigenvalue weighted by atomic mass is 10.1. The predicted molar refractivity (Wildman–Crippen MR) is 97.4 cm³/mol. The van der Waals surface area contributed by atoms with Crippen molar-refractivity contribution in [2.75, 3.05) is 6.61 Å². The van der Waals surface area contributed by atoms with E-state index in [0.717, 1.165) is 5.56 Å². The summed E-state index contributed by atoms with van der Waals surface area (Å²) in [5, 5.41) is 0. The second-order valence-corrected chi connectivity index (χ2v) is 7.64. The van der Waals surface area contributed by atoms with Crippen molar-refractivity contribution in [1.82, 2.24) is 0 Å². The van der Waals surface area contributed by atoms with Gasteiger partial charge in [0.15, 0.2) is 5.79 Å². The van der Waals surface area contributed by atoms with Crippen molar-refractivity contribution in [3.8, 4) is 0 Å². The molecule has 1 fully saturated rings. The summed E-state index contributed by atoms with van der Waals surface area (Å²) >= 11 is 3.42. The van der Waals surface area contributed by atoms with E-state index in [-0.39, 0.29) is 12.2 Å². The molecule has 0 amide bonds. The van der Waals surface area contributed by atoms with E-state index in [2.05, 4.69) is 15.9 Å². The molecule has 4 atom stereocenters. The van der Waals surface area contributed by atoms with Crippen molar-refractivity contribution in [3.05, 3.63) is 46.5 Å². The standard InChI is InChI=1S/C19H23BrO6/c1-12(21)24-18-14(20)9-15(22-10-13-7-5-4-6-8-13)17(25-18)16-11-23-19(2,3)26-16/h4-9,15-18H,10-11H2,1-3H3/t15-,16-,17+,18?/m1/s1. The Morgan fingerprint density at radius 2 is 2.04 bits per heavy atom. The molecule has 0 saturated carbocycles. The summed E-state index contributed by atoms with van der Waals surface area (Å²) in [7, 11) is 0. The van der Waals surface area contributed by atoms with Gasteiger partial charge in [-0.25, -0.2) is 0 Å². The van der Waals surface area contributed by atoms with Crippen molar-refractivity contribution in [1.29, 1.82) is 0 Å². The van der Waals surface area contributed by atoms with Crippen LogP contribution in [-0.2, 0) is 35.1 Å². The number of carbonyl (C=O) groups is 1. The summed E-state index contributed by atoms with van der Waals surface area (Å²) in [6.45, 7) is 5.85. The van der Waals surface area contributed by atoms with Crippen molar-refractivity contribution >= 4 is 21.9 Å². The highest BCUT2D eigenvalue weighted by Crippen LogP contribution is 2.34. The van der Waals surface area contributed by atoms with Gasteiger partial charge in [0.2, 0.25) is 6.29 Å². The maximum Gasteiger partial charge on any atom is 0.305 e. The minimum atomic E-state index is -0.818. The number of esters is 1. The number of benzene rings is 1. The van der Waals surface area contributed by atoms with Gasteiger partial charge in [-0.3, -0.25) is 4.79 Å². The third-order valence-corrected chi connectivity index (χ3v) is 4.75. The van der Waals surface area contributed by atoms with Crippen molar-refractivity contribution < 1.29 is 28.5 Å². The molecule has 3 rings (SSSR count). The molecule has 6 nitrogen and oxygen atoms in total. The van der Waals surface area contributed by atoms with Gasteiger partial charge in [-0.1, -0.05) is 30.3 Å². The molecule has 1 aromatic carbocycles. The fourth-order valence-electron chi connectivity index (χ4n) is 2.94. The Labute approximate surface area is 161 Å². The molecule has 0 spiro atoms. The van der Waals surface area contributed by atoms with Crippen LogP contribution < -0.4 is 0 Å². The lowest BCUT2D eigenvalue weighted by Crippen LogP contribution is -2.48. The Balaban J connectivity index is 1.75. The van der Waals surface area contributed by atoms with Gasteiger partial charge in [0.25, 0.3) is 0 Å².